The number of thiocarbonyl (C=S) groups is 1. The summed E-state index contributed by atoms with van der Waals surface area (Å²) in [6.45, 7) is 0. The van der Waals surface area contributed by atoms with Crippen LogP contribution in [0.5, 0.6) is 0 Å². The molecule has 0 radical (unpaired) electrons. The summed E-state index contributed by atoms with van der Waals surface area (Å²) in [5, 5.41) is 13.7. The standard InChI is InChI=1S/C17H11N3OS2/c18-15-11-8-4-7-10(9-5-2-1-3-6-9)12(11)13(19-15)14-16(22)20-17(21)23-14/h1-8H,(H2,18,19)(H,20,21,22)/b14-13+. The maximum absolute atomic E-state index is 11.6. The van der Waals surface area contributed by atoms with Crippen LogP contribution in [0.2, 0.25) is 0 Å². The number of fused-ring (bicyclic) bond motifs is 1. The minimum Gasteiger partial charge on any atom is -0.339 e. The maximum atomic E-state index is 11.6. The molecule has 2 aliphatic rings. The van der Waals surface area contributed by atoms with E-state index in [1.165, 1.54) is 0 Å². The Morgan fingerprint density at radius 3 is 2.39 bits per heavy atom. The lowest BCUT2D eigenvalue weighted by Crippen LogP contribution is -2.18. The first kappa shape index (κ1) is 14.2. The molecule has 0 unspecified atom stereocenters. The second-order valence-electron chi connectivity index (χ2n) is 5.14. The van der Waals surface area contributed by atoms with Crippen LogP contribution in [0, 0.1) is 5.41 Å². The van der Waals surface area contributed by atoms with Crippen LogP contribution in [0.3, 0.4) is 0 Å². The molecule has 1 fully saturated rings. The third-order valence-corrected chi connectivity index (χ3v) is 5.10. The highest BCUT2D eigenvalue weighted by Gasteiger charge is 2.32. The van der Waals surface area contributed by atoms with Crippen LogP contribution in [0.25, 0.3) is 16.8 Å². The highest BCUT2D eigenvalue weighted by Crippen LogP contribution is 2.40. The molecule has 0 atom stereocenters. The first-order chi connectivity index (χ1) is 11.1. The summed E-state index contributed by atoms with van der Waals surface area (Å²) in [5.41, 5.74) is 4.55. The fraction of sp³-hybridized carbons (Fsp3) is 0. The van der Waals surface area contributed by atoms with Crippen molar-refractivity contribution in [3.05, 3.63) is 64.6 Å². The number of amidine groups is 1. The first-order valence-corrected chi connectivity index (χ1v) is 8.20. The molecule has 2 aromatic carbocycles. The van der Waals surface area contributed by atoms with Gasteiger partial charge in [-0.05, 0) is 22.9 Å². The zero-order valence-electron chi connectivity index (χ0n) is 11.8. The van der Waals surface area contributed by atoms with E-state index in [1.54, 1.807) is 0 Å². The minimum atomic E-state index is -0.184. The topological polar surface area (TPSA) is 65.0 Å². The van der Waals surface area contributed by atoms with Gasteiger partial charge in [-0.1, -0.05) is 60.7 Å². The SMILES string of the molecule is N=C1N/C(=C2/SC(=O)NC2=S)c2c1cccc2-c1ccccc1. The third kappa shape index (κ3) is 2.27. The number of carbonyl (C=O) groups is 1. The van der Waals surface area contributed by atoms with Gasteiger partial charge in [-0.2, -0.15) is 0 Å². The summed E-state index contributed by atoms with van der Waals surface area (Å²) in [7, 11) is 0. The molecule has 0 bridgehead atoms. The zero-order valence-corrected chi connectivity index (χ0v) is 13.5. The molecular formula is C17H11N3OS2. The molecule has 4 rings (SSSR count). The smallest absolute Gasteiger partial charge is 0.289 e. The Morgan fingerprint density at radius 1 is 0.957 bits per heavy atom. The predicted molar refractivity (Wildman–Crippen MR) is 97.5 cm³/mol. The quantitative estimate of drug-likeness (QED) is 0.548. The maximum Gasteiger partial charge on any atom is 0.289 e. The number of carbonyl (C=O) groups excluding carboxylic acids is 1. The van der Waals surface area contributed by atoms with Gasteiger partial charge in [0.1, 0.15) is 10.8 Å². The lowest BCUT2D eigenvalue weighted by atomic mass is 9.95. The molecule has 2 heterocycles. The van der Waals surface area contributed by atoms with Gasteiger partial charge in [0.2, 0.25) is 0 Å². The number of hydrogen-bond acceptors (Lipinski definition) is 4. The van der Waals surface area contributed by atoms with E-state index >= 15 is 0 Å². The normalized spacial score (nSPS) is 19.6. The van der Waals surface area contributed by atoms with Gasteiger partial charge in [0.25, 0.3) is 5.24 Å². The average Bonchev–Trinajstić information content (AvgIpc) is 3.07. The molecule has 0 spiro atoms. The summed E-state index contributed by atoms with van der Waals surface area (Å²) < 4.78 is 0. The lowest BCUT2D eigenvalue weighted by Gasteiger charge is -2.10. The van der Waals surface area contributed by atoms with Gasteiger partial charge < -0.3 is 10.6 Å². The second-order valence-corrected chi connectivity index (χ2v) is 6.53. The van der Waals surface area contributed by atoms with Crippen LogP contribution in [-0.2, 0) is 0 Å². The molecule has 0 aliphatic carbocycles. The average molecular weight is 337 g/mol. The molecule has 0 saturated carbocycles. The molecule has 2 aliphatic heterocycles. The molecule has 112 valence electrons. The van der Waals surface area contributed by atoms with Gasteiger partial charge in [0.05, 0.1) is 10.6 Å². The second kappa shape index (κ2) is 5.33. The fourth-order valence-electron chi connectivity index (χ4n) is 2.79. The van der Waals surface area contributed by atoms with Crippen molar-refractivity contribution < 1.29 is 4.79 Å². The number of rotatable bonds is 1. The van der Waals surface area contributed by atoms with Gasteiger partial charge in [0, 0.05) is 11.1 Å². The van der Waals surface area contributed by atoms with Crippen molar-refractivity contribution in [2.75, 3.05) is 0 Å². The van der Waals surface area contributed by atoms with E-state index in [0.717, 1.165) is 39.7 Å². The van der Waals surface area contributed by atoms with Crippen molar-refractivity contribution in [2.45, 2.75) is 0 Å². The van der Waals surface area contributed by atoms with E-state index in [2.05, 4.69) is 10.6 Å². The van der Waals surface area contributed by atoms with Gasteiger partial charge in [-0.15, -0.1) is 0 Å². The van der Waals surface area contributed by atoms with Crippen LogP contribution in [0.1, 0.15) is 11.1 Å². The Balaban J connectivity index is 1.99. The van der Waals surface area contributed by atoms with Crippen molar-refractivity contribution in [1.29, 1.82) is 5.41 Å². The summed E-state index contributed by atoms with van der Waals surface area (Å²) in [5.74, 6) is 0.322. The van der Waals surface area contributed by atoms with Gasteiger partial charge in [0.15, 0.2) is 0 Å². The van der Waals surface area contributed by atoms with E-state index in [4.69, 9.17) is 17.6 Å². The summed E-state index contributed by atoms with van der Waals surface area (Å²) in [6, 6.07) is 15.9. The fourth-order valence-corrected chi connectivity index (χ4v) is 3.91. The summed E-state index contributed by atoms with van der Waals surface area (Å²) in [6.07, 6.45) is 0. The van der Waals surface area contributed by atoms with E-state index in [-0.39, 0.29) is 5.24 Å². The van der Waals surface area contributed by atoms with E-state index in [0.29, 0.717) is 15.7 Å². The van der Waals surface area contributed by atoms with Crippen LogP contribution in [-0.4, -0.2) is 16.1 Å². The molecule has 1 amide bonds. The molecule has 2 aromatic rings. The number of hydrogen-bond donors (Lipinski definition) is 3. The van der Waals surface area contributed by atoms with Crippen molar-refractivity contribution >= 4 is 45.7 Å². The molecule has 4 nitrogen and oxygen atoms in total. The Bertz CT molecular complexity index is 903. The Labute approximate surface area is 142 Å². The van der Waals surface area contributed by atoms with Crippen molar-refractivity contribution in [1.82, 2.24) is 10.6 Å². The Hall–Kier alpha value is -2.44. The molecule has 6 heteroatoms. The number of nitrogens with one attached hydrogen (secondary N) is 3. The number of benzene rings is 2. The van der Waals surface area contributed by atoms with Gasteiger partial charge in [-0.3, -0.25) is 10.2 Å². The van der Waals surface area contributed by atoms with Gasteiger partial charge in [-0.25, -0.2) is 0 Å². The lowest BCUT2D eigenvalue weighted by molar-refractivity contribution is 0.265. The van der Waals surface area contributed by atoms with Crippen molar-refractivity contribution in [2.24, 2.45) is 0 Å². The molecular weight excluding hydrogens is 326 g/mol. The molecule has 0 aromatic heterocycles. The monoisotopic (exact) mass is 337 g/mol. The van der Waals surface area contributed by atoms with E-state index in [1.807, 2.05) is 48.5 Å². The van der Waals surface area contributed by atoms with E-state index in [9.17, 15) is 4.79 Å². The molecule has 1 saturated heterocycles. The largest absolute Gasteiger partial charge is 0.339 e. The van der Waals surface area contributed by atoms with Gasteiger partial charge >= 0.3 is 0 Å². The molecule has 3 N–H and O–H groups in total. The highest BCUT2D eigenvalue weighted by atomic mass is 32.2. The Morgan fingerprint density at radius 2 is 1.70 bits per heavy atom. The third-order valence-electron chi connectivity index (χ3n) is 3.76. The summed E-state index contributed by atoms with van der Waals surface area (Å²) >= 11 is 6.33. The minimum absolute atomic E-state index is 0.184. The van der Waals surface area contributed by atoms with Crippen LogP contribution < -0.4 is 10.6 Å². The molecule has 23 heavy (non-hydrogen) atoms. The van der Waals surface area contributed by atoms with Crippen molar-refractivity contribution in [3.63, 3.8) is 0 Å². The first-order valence-electron chi connectivity index (χ1n) is 6.97. The van der Waals surface area contributed by atoms with E-state index < -0.39 is 0 Å². The summed E-state index contributed by atoms with van der Waals surface area (Å²) in [4.78, 5) is 12.7. The van der Waals surface area contributed by atoms with Crippen LogP contribution >= 0.6 is 24.0 Å². The van der Waals surface area contributed by atoms with Crippen molar-refractivity contribution in [3.8, 4) is 11.1 Å². The number of amides is 1. The predicted octanol–water partition coefficient (Wildman–Crippen LogP) is 3.73. The van der Waals surface area contributed by atoms with Crippen LogP contribution in [0.4, 0.5) is 4.79 Å². The number of thioether (sulfide) groups is 1. The van der Waals surface area contributed by atoms with Crippen LogP contribution in [0.15, 0.2) is 53.4 Å². The highest BCUT2D eigenvalue weighted by molar-refractivity contribution is 8.19. The zero-order chi connectivity index (χ0) is 16.0. The Kier molecular flexibility index (Phi) is 3.28.